The highest BCUT2D eigenvalue weighted by atomic mass is 19.3. The van der Waals surface area contributed by atoms with Gasteiger partial charge in [0.25, 0.3) is 5.91 Å². The van der Waals surface area contributed by atoms with E-state index in [0.717, 1.165) is 5.56 Å². The quantitative estimate of drug-likeness (QED) is 0.788. The molecule has 0 unspecified atom stereocenters. The second-order valence-electron chi connectivity index (χ2n) is 5.01. The molecule has 0 aromatic heterocycles. The average Bonchev–Trinajstić information content (AvgIpc) is 2.56. The molecule has 0 saturated heterocycles. The van der Waals surface area contributed by atoms with Crippen molar-refractivity contribution in [2.75, 3.05) is 5.32 Å². The number of amides is 2. The zero-order chi connectivity index (χ0) is 18.2. The molecule has 5 nitrogen and oxygen atoms in total. The Kier molecular flexibility index (Phi) is 6.22. The fourth-order valence-corrected chi connectivity index (χ4v) is 1.98. The van der Waals surface area contributed by atoms with Crippen molar-refractivity contribution in [1.82, 2.24) is 5.32 Å². The van der Waals surface area contributed by atoms with Crippen LogP contribution in [0.15, 0.2) is 60.3 Å². The first-order valence-corrected chi connectivity index (χ1v) is 7.34. The van der Waals surface area contributed by atoms with Crippen LogP contribution in [0.4, 0.5) is 14.5 Å². The molecule has 0 heterocycles. The Morgan fingerprint density at radius 1 is 1.04 bits per heavy atom. The molecule has 2 N–H and O–H groups in total. The second-order valence-corrected chi connectivity index (χ2v) is 5.01. The number of halogens is 2. The van der Waals surface area contributed by atoms with Crippen molar-refractivity contribution in [3.05, 3.63) is 65.9 Å². The molecule has 0 bridgehead atoms. The van der Waals surface area contributed by atoms with Gasteiger partial charge in [-0.3, -0.25) is 9.59 Å². The number of hydrogen-bond acceptors (Lipinski definition) is 3. The molecule has 0 atom stereocenters. The van der Waals surface area contributed by atoms with Crippen LogP contribution in [-0.2, 0) is 9.59 Å². The minimum absolute atomic E-state index is 0.0186. The summed E-state index contributed by atoms with van der Waals surface area (Å²) in [5.74, 6) is -0.950. The molecular weight excluding hydrogens is 330 g/mol. The molecule has 0 aliphatic rings. The molecule has 2 aromatic carbocycles. The average molecular weight is 346 g/mol. The van der Waals surface area contributed by atoms with Gasteiger partial charge in [-0.1, -0.05) is 30.3 Å². The lowest BCUT2D eigenvalue weighted by atomic mass is 10.2. The van der Waals surface area contributed by atoms with Crippen LogP contribution in [0.2, 0.25) is 0 Å². The van der Waals surface area contributed by atoms with E-state index in [1.165, 1.54) is 37.3 Å². The van der Waals surface area contributed by atoms with E-state index in [4.69, 9.17) is 0 Å². The number of carbonyl (C=O) groups excluding carboxylic acids is 2. The largest absolute Gasteiger partial charge is 0.435 e. The number of hydrogen-bond donors (Lipinski definition) is 2. The maximum Gasteiger partial charge on any atom is 0.387 e. The van der Waals surface area contributed by atoms with Crippen molar-refractivity contribution in [3.63, 3.8) is 0 Å². The summed E-state index contributed by atoms with van der Waals surface area (Å²) in [6.45, 7) is -1.62. The van der Waals surface area contributed by atoms with E-state index in [1.807, 2.05) is 6.07 Å². The Bertz CT molecular complexity index is 760. The van der Waals surface area contributed by atoms with Crippen LogP contribution in [0.25, 0.3) is 6.08 Å². The number of ether oxygens (including phenoxy) is 1. The first-order valence-electron chi connectivity index (χ1n) is 7.34. The zero-order valence-electron chi connectivity index (χ0n) is 13.3. The van der Waals surface area contributed by atoms with E-state index in [9.17, 15) is 18.4 Å². The van der Waals surface area contributed by atoms with Gasteiger partial charge >= 0.3 is 6.61 Å². The first kappa shape index (κ1) is 18.1. The molecule has 2 aromatic rings. The predicted molar refractivity (Wildman–Crippen MR) is 89.9 cm³/mol. The second kappa shape index (κ2) is 8.58. The summed E-state index contributed by atoms with van der Waals surface area (Å²) >= 11 is 0. The Balaban J connectivity index is 2.14. The predicted octanol–water partition coefficient (Wildman–Crippen LogP) is 3.40. The minimum atomic E-state index is -2.92. The topological polar surface area (TPSA) is 67.4 Å². The van der Waals surface area contributed by atoms with Crippen LogP contribution in [0.5, 0.6) is 5.75 Å². The number of alkyl halides is 2. The Morgan fingerprint density at radius 3 is 2.24 bits per heavy atom. The van der Waals surface area contributed by atoms with E-state index >= 15 is 0 Å². The lowest BCUT2D eigenvalue weighted by Crippen LogP contribution is -2.28. The first-order chi connectivity index (χ1) is 11.9. The van der Waals surface area contributed by atoms with Crippen LogP contribution in [0, 0.1) is 0 Å². The SMILES string of the molecule is CC(=O)N/C(=C/c1ccccc1)C(=O)Nc1ccc(OC(F)F)cc1. The van der Waals surface area contributed by atoms with Crippen molar-refractivity contribution in [3.8, 4) is 5.75 Å². The van der Waals surface area contributed by atoms with E-state index in [1.54, 1.807) is 24.3 Å². The molecule has 2 rings (SSSR count). The fraction of sp³-hybridized carbons (Fsp3) is 0.111. The standard InChI is InChI=1S/C18H16F2N2O3/c1-12(23)21-16(11-13-5-3-2-4-6-13)17(24)22-14-7-9-15(10-8-14)25-18(19)20/h2-11,18H,1H3,(H,21,23)(H,22,24)/b16-11+. The Morgan fingerprint density at radius 2 is 1.68 bits per heavy atom. The third-order valence-corrected chi connectivity index (χ3v) is 3.00. The van der Waals surface area contributed by atoms with E-state index in [2.05, 4.69) is 15.4 Å². The Hall–Kier alpha value is -3.22. The van der Waals surface area contributed by atoms with Gasteiger partial charge in [-0.2, -0.15) is 8.78 Å². The highest BCUT2D eigenvalue weighted by molar-refractivity contribution is 6.08. The molecule has 0 aliphatic carbocycles. The minimum Gasteiger partial charge on any atom is -0.435 e. The van der Waals surface area contributed by atoms with Crippen LogP contribution in [-0.4, -0.2) is 18.4 Å². The summed E-state index contributed by atoms with van der Waals surface area (Å²) in [6.07, 6.45) is 1.53. The summed E-state index contributed by atoms with van der Waals surface area (Å²) in [5, 5.41) is 5.06. The molecule has 2 amide bonds. The lowest BCUT2D eigenvalue weighted by molar-refractivity contribution is -0.120. The number of carbonyl (C=O) groups is 2. The number of benzene rings is 2. The molecular formula is C18H16F2N2O3. The third kappa shape index (κ3) is 6.06. The lowest BCUT2D eigenvalue weighted by Gasteiger charge is -2.10. The number of rotatable bonds is 6. The third-order valence-electron chi connectivity index (χ3n) is 3.00. The maximum absolute atomic E-state index is 12.4. The summed E-state index contributed by atoms with van der Waals surface area (Å²) in [5.41, 5.74) is 1.17. The molecule has 0 saturated carbocycles. The van der Waals surface area contributed by atoms with Gasteiger partial charge in [0.2, 0.25) is 5.91 Å². The molecule has 0 spiro atoms. The highest BCUT2D eigenvalue weighted by Gasteiger charge is 2.12. The van der Waals surface area contributed by atoms with E-state index in [-0.39, 0.29) is 11.4 Å². The van der Waals surface area contributed by atoms with E-state index < -0.39 is 18.4 Å². The highest BCUT2D eigenvalue weighted by Crippen LogP contribution is 2.18. The maximum atomic E-state index is 12.4. The van der Waals surface area contributed by atoms with Crippen molar-refractivity contribution < 1.29 is 23.1 Å². The smallest absolute Gasteiger partial charge is 0.387 e. The van der Waals surface area contributed by atoms with Crippen molar-refractivity contribution in [1.29, 1.82) is 0 Å². The van der Waals surface area contributed by atoms with Crippen LogP contribution in [0.3, 0.4) is 0 Å². The fourth-order valence-electron chi connectivity index (χ4n) is 1.98. The van der Waals surface area contributed by atoms with Crippen molar-refractivity contribution in [2.24, 2.45) is 0 Å². The molecule has 0 fully saturated rings. The van der Waals surface area contributed by atoms with Gasteiger partial charge < -0.3 is 15.4 Å². The van der Waals surface area contributed by atoms with Gasteiger partial charge in [0, 0.05) is 12.6 Å². The summed E-state index contributed by atoms with van der Waals surface area (Å²) in [4.78, 5) is 23.7. The van der Waals surface area contributed by atoms with Crippen LogP contribution >= 0.6 is 0 Å². The van der Waals surface area contributed by atoms with Gasteiger partial charge in [-0.25, -0.2) is 0 Å². The molecule has 7 heteroatoms. The van der Waals surface area contributed by atoms with Gasteiger partial charge in [0.1, 0.15) is 11.4 Å². The van der Waals surface area contributed by atoms with Gasteiger partial charge in [-0.15, -0.1) is 0 Å². The molecule has 25 heavy (non-hydrogen) atoms. The monoisotopic (exact) mass is 346 g/mol. The van der Waals surface area contributed by atoms with Crippen molar-refractivity contribution >= 4 is 23.6 Å². The van der Waals surface area contributed by atoms with Crippen LogP contribution in [0.1, 0.15) is 12.5 Å². The molecule has 130 valence electrons. The van der Waals surface area contributed by atoms with Crippen molar-refractivity contribution in [2.45, 2.75) is 13.5 Å². The van der Waals surface area contributed by atoms with Gasteiger partial charge in [0.15, 0.2) is 0 Å². The summed E-state index contributed by atoms with van der Waals surface area (Å²) in [6, 6.07) is 14.5. The summed E-state index contributed by atoms with van der Waals surface area (Å²) < 4.78 is 28.5. The molecule has 0 aliphatic heterocycles. The summed E-state index contributed by atoms with van der Waals surface area (Å²) in [7, 11) is 0. The number of nitrogens with one attached hydrogen (secondary N) is 2. The normalized spacial score (nSPS) is 11.1. The Labute approximate surface area is 143 Å². The van der Waals surface area contributed by atoms with Crippen LogP contribution < -0.4 is 15.4 Å². The van der Waals surface area contributed by atoms with Gasteiger partial charge in [0.05, 0.1) is 0 Å². The van der Waals surface area contributed by atoms with E-state index in [0.29, 0.717) is 5.69 Å². The molecule has 0 radical (unpaired) electrons. The van der Waals surface area contributed by atoms with Gasteiger partial charge in [-0.05, 0) is 35.9 Å². The number of anilines is 1. The zero-order valence-corrected chi connectivity index (χ0v) is 13.3.